The fourth-order valence-corrected chi connectivity index (χ4v) is 5.07. The molecule has 2 aromatic carbocycles. The molecule has 0 radical (unpaired) electrons. The fourth-order valence-electron chi connectivity index (χ4n) is 5.07. The largest absolute Gasteiger partial charge is 0.358 e. The Bertz CT molecular complexity index is 1540. The van der Waals surface area contributed by atoms with Gasteiger partial charge in [0, 0.05) is 46.9 Å². The summed E-state index contributed by atoms with van der Waals surface area (Å²) in [5.74, 6) is 0.509. The predicted octanol–water partition coefficient (Wildman–Crippen LogP) is 5.25. The maximum absolute atomic E-state index is 13.0. The van der Waals surface area contributed by atoms with Gasteiger partial charge in [0.1, 0.15) is 5.82 Å². The van der Waals surface area contributed by atoms with E-state index < -0.39 is 0 Å². The standard InChI is InChI=1S/C31H34N6O2/c1-5-37(6-2)15-14-32-31(39)28-19(3)26(34-20(28)4)17-24-23-16-22(12-13-25(23)36-30(24)38)27-18-33-29(35-27)21-10-8-7-9-11-21/h7-13,16-18,34H,5-6,14-15H2,1-4H3,(H,32,39)(H,33,35)(H,36,38)/b24-17-. The van der Waals surface area contributed by atoms with Crippen LogP contribution >= 0.6 is 0 Å². The highest BCUT2D eigenvalue weighted by Gasteiger charge is 2.26. The minimum Gasteiger partial charge on any atom is -0.358 e. The Morgan fingerprint density at radius 3 is 2.54 bits per heavy atom. The average molecular weight is 523 g/mol. The lowest BCUT2D eigenvalue weighted by Crippen LogP contribution is -2.35. The van der Waals surface area contributed by atoms with Crippen LogP contribution in [0.15, 0.2) is 54.7 Å². The highest BCUT2D eigenvalue weighted by Crippen LogP contribution is 2.37. The lowest BCUT2D eigenvalue weighted by Gasteiger charge is -2.18. The molecule has 4 aromatic rings. The molecule has 8 nitrogen and oxygen atoms in total. The number of nitrogens with zero attached hydrogens (tertiary/aromatic N) is 2. The molecule has 1 aliphatic rings. The summed E-state index contributed by atoms with van der Waals surface area (Å²) in [6.07, 6.45) is 3.64. The number of carbonyl (C=O) groups is 2. The number of anilines is 1. The Kier molecular flexibility index (Phi) is 7.47. The van der Waals surface area contributed by atoms with Crippen LogP contribution in [-0.2, 0) is 4.79 Å². The molecule has 4 N–H and O–H groups in total. The molecule has 39 heavy (non-hydrogen) atoms. The highest BCUT2D eigenvalue weighted by molar-refractivity contribution is 6.35. The second-order valence-corrected chi connectivity index (χ2v) is 9.73. The first-order valence-electron chi connectivity index (χ1n) is 13.4. The van der Waals surface area contributed by atoms with Gasteiger partial charge in [-0.3, -0.25) is 9.59 Å². The van der Waals surface area contributed by atoms with Gasteiger partial charge in [0.15, 0.2) is 0 Å². The third-order valence-electron chi connectivity index (χ3n) is 7.34. The van der Waals surface area contributed by atoms with Crippen molar-refractivity contribution < 1.29 is 9.59 Å². The maximum Gasteiger partial charge on any atom is 0.256 e. The molecule has 0 atom stereocenters. The molecular weight excluding hydrogens is 488 g/mol. The third kappa shape index (κ3) is 5.28. The van der Waals surface area contributed by atoms with E-state index in [1.54, 1.807) is 6.20 Å². The van der Waals surface area contributed by atoms with Crippen LogP contribution in [0, 0.1) is 13.8 Å². The van der Waals surface area contributed by atoms with Crippen LogP contribution in [0.3, 0.4) is 0 Å². The molecule has 0 fully saturated rings. The molecular formula is C31H34N6O2. The van der Waals surface area contributed by atoms with Crippen LogP contribution in [0.2, 0.25) is 0 Å². The number of hydrogen-bond acceptors (Lipinski definition) is 4. The monoisotopic (exact) mass is 522 g/mol. The summed E-state index contributed by atoms with van der Waals surface area (Å²) in [7, 11) is 0. The van der Waals surface area contributed by atoms with Crippen molar-refractivity contribution in [1.29, 1.82) is 0 Å². The molecule has 0 unspecified atom stereocenters. The van der Waals surface area contributed by atoms with Crippen molar-refractivity contribution in [2.24, 2.45) is 0 Å². The van der Waals surface area contributed by atoms with Crippen LogP contribution in [0.4, 0.5) is 5.69 Å². The number of benzene rings is 2. The van der Waals surface area contributed by atoms with Gasteiger partial charge in [-0.25, -0.2) is 4.98 Å². The van der Waals surface area contributed by atoms with Crippen molar-refractivity contribution in [1.82, 2.24) is 25.2 Å². The van der Waals surface area contributed by atoms with E-state index >= 15 is 0 Å². The van der Waals surface area contributed by atoms with Gasteiger partial charge >= 0.3 is 0 Å². The van der Waals surface area contributed by atoms with Gasteiger partial charge in [-0.05, 0) is 50.7 Å². The normalized spacial score (nSPS) is 13.7. The van der Waals surface area contributed by atoms with Crippen molar-refractivity contribution in [3.8, 4) is 22.6 Å². The molecule has 1 aliphatic heterocycles. The summed E-state index contributed by atoms with van der Waals surface area (Å²) in [6, 6.07) is 15.8. The number of aryl methyl sites for hydroxylation is 1. The number of amides is 2. The summed E-state index contributed by atoms with van der Waals surface area (Å²) in [4.78, 5) is 39.5. The molecule has 5 rings (SSSR count). The van der Waals surface area contributed by atoms with Crippen LogP contribution in [-0.4, -0.2) is 57.8 Å². The lowest BCUT2D eigenvalue weighted by atomic mass is 10.0. The molecule has 0 saturated carbocycles. The van der Waals surface area contributed by atoms with Gasteiger partial charge in [0.05, 0.1) is 23.0 Å². The zero-order valence-corrected chi connectivity index (χ0v) is 22.8. The Morgan fingerprint density at radius 2 is 1.79 bits per heavy atom. The van der Waals surface area contributed by atoms with Gasteiger partial charge in [-0.15, -0.1) is 0 Å². The molecule has 8 heteroatoms. The average Bonchev–Trinajstić information content (AvgIpc) is 3.63. The van der Waals surface area contributed by atoms with Crippen LogP contribution in [0.5, 0.6) is 0 Å². The van der Waals surface area contributed by atoms with E-state index in [1.165, 1.54) is 0 Å². The molecule has 0 aliphatic carbocycles. The summed E-state index contributed by atoms with van der Waals surface area (Å²) in [6.45, 7) is 11.3. The Labute approximate surface area is 228 Å². The SMILES string of the molecule is CCN(CC)CCNC(=O)c1c(C)[nH]c(/C=C2\C(=O)Nc3ccc(-c4cnc(-c5ccccc5)[nH]4)cc32)c1C. The minimum atomic E-state index is -0.173. The zero-order chi connectivity index (χ0) is 27.5. The Morgan fingerprint density at radius 1 is 1.03 bits per heavy atom. The van der Waals surface area contributed by atoms with Crippen LogP contribution in [0.25, 0.3) is 34.3 Å². The van der Waals surface area contributed by atoms with E-state index in [0.717, 1.165) is 70.5 Å². The fraction of sp³-hybridized carbons (Fsp3) is 0.258. The van der Waals surface area contributed by atoms with E-state index in [-0.39, 0.29) is 11.8 Å². The quantitative estimate of drug-likeness (QED) is 0.225. The molecule has 0 bridgehead atoms. The summed E-state index contributed by atoms with van der Waals surface area (Å²) >= 11 is 0. The summed E-state index contributed by atoms with van der Waals surface area (Å²) in [5, 5.41) is 6.00. The zero-order valence-electron chi connectivity index (χ0n) is 22.8. The Balaban J connectivity index is 1.41. The molecule has 3 heterocycles. The number of carbonyl (C=O) groups excluding carboxylic acids is 2. The van der Waals surface area contributed by atoms with E-state index in [1.807, 2.05) is 68.5 Å². The molecule has 0 spiro atoms. The smallest absolute Gasteiger partial charge is 0.256 e. The number of aromatic amines is 2. The lowest BCUT2D eigenvalue weighted by molar-refractivity contribution is -0.110. The number of rotatable bonds is 9. The highest BCUT2D eigenvalue weighted by atomic mass is 16.2. The summed E-state index contributed by atoms with van der Waals surface area (Å²) in [5.41, 5.74) is 7.89. The predicted molar refractivity (Wildman–Crippen MR) is 156 cm³/mol. The van der Waals surface area contributed by atoms with E-state index in [2.05, 4.69) is 44.3 Å². The van der Waals surface area contributed by atoms with Crippen LogP contribution < -0.4 is 10.6 Å². The number of imidazole rings is 1. The number of likely N-dealkylation sites (N-methyl/N-ethyl adjacent to an activating group) is 1. The molecule has 0 saturated heterocycles. The summed E-state index contributed by atoms with van der Waals surface area (Å²) < 4.78 is 0. The minimum absolute atomic E-state index is 0.106. The van der Waals surface area contributed by atoms with Crippen LogP contribution in [0.1, 0.15) is 46.7 Å². The van der Waals surface area contributed by atoms with Gasteiger partial charge in [0.2, 0.25) is 0 Å². The van der Waals surface area contributed by atoms with E-state index in [9.17, 15) is 9.59 Å². The molecule has 2 aromatic heterocycles. The van der Waals surface area contributed by atoms with E-state index in [4.69, 9.17) is 0 Å². The van der Waals surface area contributed by atoms with Crippen molar-refractivity contribution in [2.45, 2.75) is 27.7 Å². The van der Waals surface area contributed by atoms with Gasteiger partial charge < -0.3 is 25.5 Å². The number of hydrogen-bond donors (Lipinski definition) is 4. The molecule has 200 valence electrons. The first-order valence-corrected chi connectivity index (χ1v) is 13.4. The maximum atomic E-state index is 13.0. The number of aromatic nitrogens is 3. The van der Waals surface area contributed by atoms with Crippen molar-refractivity contribution in [3.63, 3.8) is 0 Å². The van der Waals surface area contributed by atoms with Crippen molar-refractivity contribution in [2.75, 3.05) is 31.5 Å². The second kappa shape index (κ2) is 11.1. The van der Waals surface area contributed by atoms with Gasteiger partial charge in [0.25, 0.3) is 11.8 Å². The third-order valence-corrected chi connectivity index (χ3v) is 7.34. The first-order chi connectivity index (χ1) is 18.9. The number of H-pyrrole nitrogens is 2. The van der Waals surface area contributed by atoms with Gasteiger partial charge in [-0.2, -0.15) is 0 Å². The van der Waals surface area contributed by atoms with Crippen molar-refractivity contribution in [3.05, 3.63) is 82.8 Å². The number of nitrogens with one attached hydrogen (secondary N) is 4. The van der Waals surface area contributed by atoms with Gasteiger partial charge in [-0.1, -0.05) is 50.2 Å². The molecule has 2 amide bonds. The Hall–Kier alpha value is -4.43. The number of fused-ring (bicyclic) bond motifs is 1. The van der Waals surface area contributed by atoms with Crippen molar-refractivity contribution >= 4 is 29.2 Å². The van der Waals surface area contributed by atoms with E-state index in [0.29, 0.717) is 17.7 Å². The topological polar surface area (TPSA) is 106 Å². The second-order valence-electron chi connectivity index (χ2n) is 9.73. The first kappa shape index (κ1) is 26.2.